The van der Waals surface area contributed by atoms with Crippen molar-refractivity contribution in [3.05, 3.63) is 18.2 Å². The van der Waals surface area contributed by atoms with E-state index in [1.807, 2.05) is 0 Å². The number of amides is 3. The predicted octanol–water partition coefficient (Wildman–Crippen LogP) is -1.03. The summed E-state index contributed by atoms with van der Waals surface area (Å²) in [5.41, 5.74) is 2.27. The average Bonchev–Trinajstić information content (AvgIpc) is 3.04. The van der Waals surface area contributed by atoms with E-state index >= 15 is 0 Å². The molecule has 138 valence electrons. The van der Waals surface area contributed by atoms with Crippen LogP contribution in [0.4, 0.5) is 4.79 Å². The molecular formula is C12H17N5O7S. The Bertz CT molecular complexity index is 779. The topological polar surface area (TPSA) is 143 Å². The number of piperidine rings is 1. The minimum absolute atomic E-state index is 0.0521. The maximum atomic E-state index is 12.3. The van der Waals surface area contributed by atoms with Gasteiger partial charge in [0.1, 0.15) is 18.5 Å². The molecule has 0 aromatic carbocycles. The first-order valence-corrected chi connectivity index (χ1v) is 8.77. The van der Waals surface area contributed by atoms with E-state index in [1.165, 1.54) is 4.90 Å². The lowest BCUT2D eigenvalue weighted by molar-refractivity contribution is -0.140. The molecule has 1 aromatic heterocycles. The lowest BCUT2D eigenvalue weighted by Crippen LogP contribution is -2.49. The van der Waals surface area contributed by atoms with Crippen molar-refractivity contribution in [3.63, 3.8) is 0 Å². The number of fused-ring (bicyclic) bond motifs is 2. The van der Waals surface area contributed by atoms with Crippen molar-refractivity contribution in [1.82, 2.24) is 25.0 Å². The van der Waals surface area contributed by atoms with Crippen LogP contribution in [0, 0.1) is 0 Å². The fourth-order valence-electron chi connectivity index (χ4n) is 2.88. The molecule has 3 amide bonds. The van der Waals surface area contributed by atoms with Crippen LogP contribution >= 0.6 is 0 Å². The number of urea groups is 1. The first-order valence-electron chi connectivity index (χ1n) is 7.41. The molecule has 2 atom stereocenters. The first kappa shape index (κ1) is 17.6. The van der Waals surface area contributed by atoms with E-state index in [2.05, 4.69) is 14.7 Å². The Kier molecular flexibility index (Phi) is 4.64. The molecule has 3 rings (SSSR count). The largest absolute Gasteiger partial charge is 0.418 e. The van der Waals surface area contributed by atoms with Gasteiger partial charge in [-0.1, -0.05) is 0 Å². The second-order valence-electron chi connectivity index (χ2n) is 5.72. The molecule has 25 heavy (non-hydrogen) atoms. The molecule has 0 aliphatic carbocycles. The number of rotatable bonds is 6. The molecule has 3 heterocycles. The Morgan fingerprint density at radius 1 is 1.48 bits per heavy atom. The van der Waals surface area contributed by atoms with Gasteiger partial charge in [-0.3, -0.25) is 14.2 Å². The van der Waals surface area contributed by atoms with Gasteiger partial charge in [0, 0.05) is 26.0 Å². The highest BCUT2D eigenvalue weighted by atomic mass is 32.3. The summed E-state index contributed by atoms with van der Waals surface area (Å²) >= 11 is 0. The number of hydroxylamine groups is 3. The third kappa shape index (κ3) is 3.73. The van der Waals surface area contributed by atoms with E-state index in [1.54, 1.807) is 24.0 Å². The molecule has 0 spiro atoms. The highest BCUT2D eigenvalue weighted by Crippen LogP contribution is 2.30. The zero-order chi connectivity index (χ0) is 18.2. The molecule has 13 heteroatoms. The maximum Gasteiger partial charge on any atom is 0.418 e. The second-order valence-corrected chi connectivity index (χ2v) is 6.72. The fourth-order valence-corrected chi connectivity index (χ4v) is 3.27. The molecule has 2 fully saturated rings. The summed E-state index contributed by atoms with van der Waals surface area (Å²) in [5.74, 6) is 0.0729. The van der Waals surface area contributed by atoms with Gasteiger partial charge in [0.2, 0.25) is 0 Å². The van der Waals surface area contributed by atoms with Crippen LogP contribution in [-0.4, -0.2) is 63.1 Å². The van der Waals surface area contributed by atoms with Gasteiger partial charge < -0.3 is 9.47 Å². The third-order valence-electron chi connectivity index (χ3n) is 4.10. The van der Waals surface area contributed by atoms with Crippen molar-refractivity contribution in [3.8, 4) is 0 Å². The van der Waals surface area contributed by atoms with Crippen LogP contribution in [0.3, 0.4) is 0 Å². The van der Waals surface area contributed by atoms with Gasteiger partial charge in [-0.2, -0.15) is 13.5 Å². The van der Waals surface area contributed by atoms with Crippen LogP contribution in [0.5, 0.6) is 0 Å². The summed E-state index contributed by atoms with van der Waals surface area (Å²) in [4.78, 5) is 34.8. The average molecular weight is 375 g/mol. The van der Waals surface area contributed by atoms with Crippen LogP contribution in [-0.2, 0) is 38.0 Å². The van der Waals surface area contributed by atoms with Crippen LogP contribution in [0.15, 0.2) is 12.4 Å². The van der Waals surface area contributed by atoms with Crippen LogP contribution < -0.4 is 5.48 Å². The van der Waals surface area contributed by atoms with Crippen LogP contribution in [0.1, 0.15) is 18.7 Å². The first-order chi connectivity index (χ1) is 11.8. The number of hydrogen-bond acceptors (Lipinski definition) is 7. The molecule has 1 aromatic rings. The Balaban J connectivity index is 1.58. The minimum Gasteiger partial charge on any atom is -0.336 e. The summed E-state index contributed by atoms with van der Waals surface area (Å²) in [6.07, 6.45) is 3.97. The molecule has 2 saturated heterocycles. The smallest absolute Gasteiger partial charge is 0.336 e. The molecular weight excluding hydrogens is 358 g/mol. The standard InChI is InChI=1S/C12H17N5O7S/c1-15-5-4-13-10(15)7-23-14-11(18)9-3-2-8-6-16(9)12(19)17(8)24-25(20,21)22/h4-5,8-9H,2-3,6-7H2,1H3,(H,14,18)(H,20,21,22)/t8-,9+/m1/s1. The zero-order valence-corrected chi connectivity index (χ0v) is 14.0. The van der Waals surface area contributed by atoms with Crippen molar-refractivity contribution in [1.29, 1.82) is 0 Å². The molecule has 2 N–H and O–H groups in total. The minimum atomic E-state index is -4.82. The van der Waals surface area contributed by atoms with Gasteiger partial charge in [-0.25, -0.2) is 15.3 Å². The van der Waals surface area contributed by atoms with Crippen molar-refractivity contribution in [2.45, 2.75) is 31.5 Å². The SMILES string of the molecule is Cn1ccnc1CONC(=O)[C@@H]1CC[C@@H]2CN1C(=O)N2OS(=O)(=O)O. The highest BCUT2D eigenvalue weighted by Gasteiger charge is 2.49. The van der Waals surface area contributed by atoms with Crippen molar-refractivity contribution >= 4 is 22.3 Å². The normalized spacial score (nSPS) is 23.2. The third-order valence-corrected chi connectivity index (χ3v) is 4.44. The van der Waals surface area contributed by atoms with Gasteiger partial charge in [0.05, 0.1) is 6.04 Å². The van der Waals surface area contributed by atoms with Gasteiger partial charge >= 0.3 is 16.4 Å². The van der Waals surface area contributed by atoms with E-state index in [0.717, 1.165) is 0 Å². The number of nitrogens with zero attached hydrogens (tertiary/aromatic N) is 4. The van der Waals surface area contributed by atoms with Gasteiger partial charge in [-0.15, -0.1) is 4.28 Å². The highest BCUT2D eigenvalue weighted by molar-refractivity contribution is 7.80. The fraction of sp³-hybridized carbons (Fsp3) is 0.583. The van der Waals surface area contributed by atoms with E-state index in [0.29, 0.717) is 23.7 Å². The van der Waals surface area contributed by atoms with Crippen molar-refractivity contribution < 1.29 is 31.7 Å². The Morgan fingerprint density at radius 2 is 2.24 bits per heavy atom. The van der Waals surface area contributed by atoms with Crippen LogP contribution in [0.25, 0.3) is 0 Å². The molecule has 0 radical (unpaired) electrons. The number of aryl methyl sites for hydroxylation is 1. The summed E-state index contributed by atoms with van der Waals surface area (Å²) < 4.78 is 36.4. The Hall–Kier alpha value is -2.22. The second kappa shape index (κ2) is 6.59. The van der Waals surface area contributed by atoms with E-state index in [9.17, 15) is 18.0 Å². The number of hydrogen-bond donors (Lipinski definition) is 2. The summed E-state index contributed by atoms with van der Waals surface area (Å²) in [6, 6.07) is -2.17. The number of carbonyl (C=O) groups excluding carboxylic acids is 2. The number of nitrogens with one attached hydrogen (secondary N) is 1. The number of aromatic nitrogens is 2. The monoisotopic (exact) mass is 375 g/mol. The summed E-state index contributed by atoms with van der Waals surface area (Å²) in [5, 5.41) is 0.581. The summed E-state index contributed by atoms with van der Waals surface area (Å²) in [7, 11) is -3.04. The predicted molar refractivity (Wildman–Crippen MR) is 79.5 cm³/mol. The summed E-state index contributed by atoms with van der Waals surface area (Å²) in [6.45, 7) is 0.169. The van der Waals surface area contributed by atoms with Gasteiger partial charge in [-0.05, 0) is 12.8 Å². The number of imidazole rings is 1. The molecule has 2 bridgehead atoms. The Labute approximate surface area is 143 Å². The van der Waals surface area contributed by atoms with Crippen molar-refractivity contribution in [2.24, 2.45) is 7.05 Å². The molecule has 2 aliphatic rings. The van der Waals surface area contributed by atoms with E-state index in [4.69, 9.17) is 9.39 Å². The lowest BCUT2D eigenvalue weighted by Gasteiger charge is -2.28. The van der Waals surface area contributed by atoms with Crippen LogP contribution in [0.2, 0.25) is 0 Å². The van der Waals surface area contributed by atoms with Gasteiger partial charge in [0.15, 0.2) is 0 Å². The molecule has 0 unspecified atom stereocenters. The maximum absolute atomic E-state index is 12.3. The lowest BCUT2D eigenvalue weighted by atomic mass is 10.0. The zero-order valence-electron chi connectivity index (χ0n) is 13.2. The quantitative estimate of drug-likeness (QED) is 0.475. The van der Waals surface area contributed by atoms with Crippen molar-refractivity contribution in [2.75, 3.05) is 6.54 Å². The Morgan fingerprint density at radius 3 is 2.88 bits per heavy atom. The van der Waals surface area contributed by atoms with E-state index < -0.39 is 34.4 Å². The van der Waals surface area contributed by atoms with E-state index in [-0.39, 0.29) is 13.2 Å². The molecule has 2 aliphatic heterocycles. The molecule has 12 nitrogen and oxygen atoms in total. The molecule has 0 saturated carbocycles. The number of carbonyl (C=O) groups is 2. The van der Waals surface area contributed by atoms with Gasteiger partial charge in [0.25, 0.3) is 5.91 Å².